The van der Waals surface area contributed by atoms with Gasteiger partial charge in [0.1, 0.15) is 0 Å². The van der Waals surface area contributed by atoms with Gasteiger partial charge in [0.15, 0.2) is 9.84 Å². The van der Waals surface area contributed by atoms with Crippen molar-refractivity contribution in [3.8, 4) is 0 Å². The minimum absolute atomic E-state index is 0.104. The number of nitrogens with one attached hydrogen (secondary N) is 1. The van der Waals surface area contributed by atoms with Gasteiger partial charge in [0.2, 0.25) is 0 Å². The highest BCUT2D eigenvalue weighted by Crippen LogP contribution is 2.12. The molecule has 7 heteroatoms. The van der Waals surface area contributed by atoms with Crippen LogP contribution in [0.25, 0.3) is 0 Å². The number of aromatic nitrogens is 1. The maximum Gasteiger partial charge on any atom is 0.253 e. The van der Waals surface area contributed by atoms with Crippen LogP contribution in [0, 0.1) is 6.92 Å². The second kappa shape index (κ2) is 4.41. The van der Waals surface area contributed by atoms with Crippen LogP contribution in [0.5, 0.6) is 0 Å². The van der Waals surface area contributed by atoms with E-state index in [0.29, 0.717) is 16.9 Å². The lowest BCUT2D eigenvalue weighted by Crippen LogP contribution is -2.36. The molecule has 1 aliphatic heterocycles. The number of anilines is 1. The van der Waals surface area contributed by atoms with Gasteiger partial charge in [-0.2, -0.15) is 0 Å². The van der Waals surface area contributed by atoms with Crippen molar-refractivity contribution in [2.75, 3.05) is 11.5 Å². The van der Waals surface area contributed by atoms with Crippen molar-refractivity contribution in [1.29, 1.82) is 0 Å². The van der Waals surface area contributed by atoms with Crippen molar-refractivity contribution in [3.63, 3.8) is 0 Å². The highest BCUT2D eigenvalue weighted by Gasteiger charge is 2.24. The number of carbonyl (C=O) groups excluding carboxylic acids is 1. The lowest BCUT2D eigenvalue weighted by atomic mass is 10.1. The highest BCUT2D eigenvalue weighted by molar-refractivity contribution is 7.94. The molecule has 0 spiro atoms. The molecule has 1 aliphatic rings. The van der Waals surface area contributed by atoms with Gasteiger partial charge in [-0.05, 0) is 19.1 Å². The molecule has 0 aromatic carbocycles. The Morgan fingerprint density at radius 3 is 2.89 bits per heavy atom. The highest BCUT2D eigenvalue weighted by atomic mass is 32.2. The van der Waals surface area contributed by atoms with Gasteiger partial charge < -0.3 is 11.1 Å². The molecule has 0 saturated heterocycles. The van der Waals surface area contributed by atoms with E-state index >= 15 is 0 Å². The number of sulfone groups is 1. The predicted octanol–water partition coefficient (Wildman–Crippen LogP) is 0.0127. The number of rotatable bonds is 2. The number of aryl methyl sites for hydroxylation is 1. The Morgan fingerprint density at radius 2 is 2.28 bits per heavy atom. The van der Waals surface area contributed by atoms with Crippen LogP contribution in [0.15, 0.2) is 23.7 Å². The molecule has 3 N–H and O–H groups in total. The fraction of sp³-hybridized carbons (Fsp3) is 0.273. The van der Waals surface area contributed by atoms with Gasteiger partial charge in [0.25, 0.3) is 5.91 Å². The smallest absolute Gasteiger partial charge is 0.253 e. The summed E-state index contributed by atoms with van der Waals surface area (Å²) >= 11 is 0. The van der Waals surface area contributed by atoms with Crippen LogP contribution in [0.4, 0.5) is 5.69 Å². The zero-order chi connectivity index (χ0) is 13.3. The molecule has 96 valence electrons. The molecule has 6 nitrogen and oxygen atoms in total. The van der Waals surface area contributed by atoms with Gasteiger partial charge in [0, 0.05) is 5.41 Å². The summed E-state index contributed by atoms with van der Waals surface area (Å²) in [6, 6.07) is 1.02. The number of nitrogen functional groups attached to an aromatic ring is 1. The van der Waals surface area contributed by atoms with E-state index in [1.807, 2.05) is 0 Å². The first kappa shape index (κ1) is 12.6. The molecule has 0 aliphatic carbocycles. The number of pyridine rings is 1. The second-order valence-electron chi connectivity index (χ2n) is 4.14. The van der Waals surface area contributed by atoms with E-state index in [-0.39, 0.29) is 11.7 Å². The number of carbonyl (C=O) groups is 1. The molecule has 1 aromatic heterocycles. The summed E-state index contributed by atoms with van der Waals surface area (Å²) < 4.78 is 22.4. The van der Waals surface area contributed by atoms with Crippen LogP contribution in [0.1, 0.15) is 16.1 Å². The van der Waals surface area contributed by atoms with Gasteiger partial charge in [-0.15, -0.1) is 0 Å². The first-order chi connectivity index (χ1) is 8.37. The Labute approximate surface area is 105 Å². The summed E-state index contributed by atoms with van der Waals surface area (Å²) in [7, 11) is -3.18. The summed E-state index contributed by atoms with van der Waals surface area (Å²) in [6.07, 6.45) is 2.92. The third kappa shape index (κ3) is 2.67. The number of nitrogens with two attached hydrogens (primary N) is 1. The van der Waals surface area contributed by atoms with E-state index in [9.17, 15) is 13.2 Å². The average Bonchev–Trinajstić information content (AvgIpc) is 2.61. The topological polar surface area (TPSA) is 102 Å². The number of hydrogen-bond acceptors (Lipinski definition) is 5. The van der Waals surface area contributed by atoms with Gasteiger partial charge in [-0.1, -0.05) is 0 Å². The zero-order valence-electron chi connectivity index (χ0n) is 9.75. The second-order valence-corrected chi connectivity index (χ2v) is 6.07. The van der Waals surface area contributed by atoms with Gasteiger partial charge in [-0.3, -0.25) is 9.78 Å². The minimum Gasteiger partial charge on any atom is -0.397 e. The molecule has 2 rings (SSSR count). The van der Waals surface area contributed by atoms with Crippen LogP contribution in [-0.2, 0) is 9.84 Å². The standard InChI is InChI=1S/C11H13N3O3S/c1-7-10(4-8(12)5-13-7)11(15)14-9-2-3-18(16,17)6-9/h2-5,9H,6,12H2,1H3,(H,14,15). The molecule has 0 saturated carbocycles. The molecule has 1 unspecified atom stereocenters. The molecule has 1 amide bonds. The third-order valence-electron chi connectivity index (χ3n) is 2.60. The summed E-state index contributed by atoms with van der Waals surface area (Å²) in [5.74, 6) is -0.480. The SMILES string of the molecule is Cc1ncc(N)cc1C(=O)NC1C=CS(=O)(=O)C1. The van der Waals surface area contributed by atoms with Gasteiger partial charge in [0.05, 0.1) is 34.9 Å². The molecule has 1 atom stereocenters. The van der Waals surface area contributed by atoms with Crippen molar-refractivity contribution in [1.82, 2.24) is 10.3 Å². The van der Waals surface area contributed by atoms with Crippen LogP contribution in [0.2, 0.25) is 0 Å². The molecule has 1 aromatic rings. The molecular weight excluding hydrogens is 254 g/mol. The van der Waals surface area contributed by atoms with E-state index in [1.54, 1.807) is 6.92 Å². The summed E-state index contributed by atoms with van der Waals surface area (Å²) in [6.45, 7) is 1.69. The first-order valence-corrected chi connectivity index (χ1v) is 7.03. The maximum atomic E-state index is 11.9. The van der Waals surface area contributed by atoms with E-state index in [2.05, 4.69) is 10.3 Å². The third-order valence-corrected chi connectivity index (χ3v) is 3.99. The zero-order valence-corrected chi connectivity index (χ0v) is 10.6. The Bertz CT molecular complexity index is 622. The van der Waals surface area contributed by atoms with Crippen molar-refractivity contribution in [3.05, 3.63) is 35.0 Å². The summed E-state index contributed by atoms with van der Waals surface area (Å²) in [5, 5.41) is 3.73. The Kier molecular flexibility index (Phi) is 3.08. The Morgan fingerprint density at radius 1 is 1.56 bits per heavy atom. The predicted molar refractivity (Wildman–Crippen MR) is 67.6 cm³/mol. The van der Waals surface area contributed by atoms with Crippen molar-refractivity contribution < 1.29 is 13.2 Å². The number of amides is 1. The molecular formula is C11H13N3O3S. The molecule has 0 fully saturated rings. The number of hydrogen-bond donors (Lipinski definition) is 2. The van der Waals surface area contributed by atoms with Gasteiger partial charge >= 0.3 is 0 Å². The monoisotopic (exact) mass is 267 g/mol. The summed E-state index contributed by atoms with van der Waals surface area (Å²) in [4.78, 5) is 15.9. The van der Waals surface area contributed by atoms with E-state index in [4.69, 9.17) is 5.73 Å². The normalized spacial score (nSPS) is 20.8. The maximum absolute atomic E-state index is 11.9. The van der Waals surface area contributed by atoms with Crippen molar-refractivity contribution >= 4 is 21.4 Å². The van der Waals surface area contributed by atoms with E-state index in [0.717, 1.165) is 5.41 Å². The molecule has 0 radical (unpaired) electrons. The molecule has 2 heterocycles. The summed E-state index contributed by atoms with van der Waals surface area (Å²) in [5.41, 5.74) is 6.86. The Hall–Kier alpha value is -1.89. The quantitative estimate of drug-likeness (QED) is 0.786. The lowest BCUT2D eigenvalue weighted by molar-refractivity contribution is 0.0946. The van der Waals surface area contributed by atoms with Gasteiger partial charge in [-0.25, -0.2) is 8.42 Å². The molecule has 18 heavy (non-hydrogen) atoms. The van der Waals surface area contributed by atoms with E-state index < -0.39 is 15.9 Å². The average molecular weight is 267 g/mol. The Balaban J connectivity index is 2.14. The largest absolute Gasteiger partial charge is 0.397 e. The van der Waals surface area contributed by atoms with Crippen LogP contribution >= 0.6 is 0 Å². The lowest BCUT2D eigenvalue weighted by Gasteiger charge is -2.11. The van der Waals surface area contributed by atoms with Crippen LogP contribution in [-0.4, -0.2) is 31.1 Å². The van der Waals surface area contributed by atoms with Crippen molar-refractivity contribution in [2.24, 2.45) is 0 Å². The fourth-order valence-corrected chi connectivity index (χ4v) is 2.93. The van der Waals surface area contributed by atoms with Crippen molar-refractivity contribution in [2.45, 2.75) is 13.0 Å². The fourth-order valence-electron chi connectivity index (χ4n) is 1.69. The molecule has 0 bridgehead atoms. The number of nitrogens with zero attached hydrogens (tertiary/aromatic N) is 1. The minimum atomic E-state index is -3.18. The van der Waals surface area contributed by atoms with E-state index in [1.165, 1.54) is 18.3 Å². The van der Waals surface area contributed by atoms with Crippen LogP contribution in [0.3, 0.4) is 0 Å². The first-order valence-electron chi connectivity index (χ1n) is 5.31. The van der Waals surface area contributed by atoms with Crippen LogP contribution < -0.4 is 11.1 Å².